The molecule has 4 nitrogen and oxygen atoms in total. The van der Waals surface area contributed by atoms with Gasteiger partial charge in [0.05, 0.1) is 11.5 Å². The van der Waals surface area contributed by atoms with Crippen LogP contribution < -0.4 is 10.6 Å². The van der Waals surface area contributed by atoms with Crippen LogP contribution in [-0.4, -0.2) is 23.3 Å². The molecule has 2 rings (SSSR count). The normalized spacial score (nSPS) is 10.4. The highest BCUT2D eigenvalue weighted by Gasteiger charge is 2.08. The number of halogens is 2. The minimum Gasteiger partial charge on any atom is -0.351 e. The van der Waals surface area contributed by atoms with Crippen LogP contribution in [-0.2, 0) is 16.1 Å². The first kappa shape index (κ1) is 19.5. The minimum absolute atomic E-state index is 0.111. The number of nitrogens with one attached hydrogen (secondary N) is 2. The highest BCUT2D eigenvalue weighted by Crippen LogP contribution is 2.15. The molecule has 0 aliphatic rings. The lowest BCUT2D eigenvalue weighted by Crippen LogP contribution is -2.26. The molecule has 7 heteroatoms. The van der Waals surface area contributed by atoms with Crippen LogP contribution in [0.1, 0.15) is 11.1 Å². The van der Waals surface area contributed by atoms with Crippen molar-refractivity contribution >= 4 is 45.2 Å². The van der Waals surface area contributed by atoms with Gasteiger partial charge in [0.25, 0.3) is 0 Å². The molecular formula is C18H18BrFN2O2S. The van der Waals surface area contributed by atoms with Gasteiger partial charge in [-0.25, -0.2) is 4.39 Å². The maximum absolute atomic E-state index is 13.6. The summed E-state index contributed by atoms with van der Waals surface area (Å²) in [6.07, 6.45) is 0. The Balaban J connectivity index is 1.69. The fraction of sp³-hybridized carbons (Fsp3) is 0.222. The molecule has 0 radical (unpaired) electrons. The average Bonchev–Trinajstić information content (AvgIpc) is 2.55. The Morgan fingerprint density at radius 1 is 1.12 bits per heavy atom. The van der Waals surface area contributed by atoms with Crippen molar-refractivity contribution in [3.05, 3.63) is 63.9 Å². The maximum atomic E-state index is 13.6. The zero-order valence-electron chi connectivity index (χ0n) is 13.6. The molecule has 132 valence electrons. The summed E-state index contributed by atoms with van der Waals surface area (Å²) in [6, 6.07) is 12.1. The summed E-state index contributed by atoms with van der Waals surface area (Å²) in [4.78, 5) is 23.6. The van der Waals surface area contributed by atoms with Gasteiger partial charge in [-0.1, -0.05) is 28.1 Å². The Kier molecular flexibility index (Phi) is 7.46. The number of carbonyl (C=O) groups excluding carboxylic acids is 2. The van der Waals surface area contributed by atoms with Crippen LogP contribution in [0, 0.1) is 12.7 Å². The van der Waals surface area contributed by atoms with Crippen molar-refractivity contribution in [2.75, 3.05) is 16.8 Å². The summed E-state index contributed by atoms with van der Waals surface area (Å²) in [7, 11) is 0. The van der Waals surface area contributed by atoms with Gasteiger partial charge in [-0.15, -0.1) is 11.8 Å². The minimum atomic E-state index is -0.367. The molecule has 2 amide bonds. The second-order valence-corrected chi connectivity index (χ2v) is 7.32. The molecule has 25 heavy (non-hydrogen) atoms. The monoisotopic (exact) mass is 424 g/mol. The summed E-state index contributed by atoms with van der Waals surface area (Å²) in [5.74, 6) is -0.466. The first-order valence-corrected chi connectivity index (χ1v) is 9.53. The number of benzene rings is 2. The maximum Gasteiger partial charge on any atom is 0.234 e. The van der Waals surface area contributed by atoms with Gasteiger partial charge in [-0.2, -0.15) is 0 Å². The predicted molar refractivity (Wildman–Crippen MR) is 103 cm³/mol. The van der Waals surface area contributed by atoms with Crippen molar-refractivity contribution in [1.82, 2.24) is 5.32 Å². The lowest BCUT2D eigenvalue weighted by Gasteiger charge is -2.08. The second-order valence-electron chi connectivity index (χ2n) is 5.42. The van der Waals surface area contributed by atoms with Crippen LogP contribution in [0.15, 0.2) is 46.9 Å². The first-order chi connectivity index (χ1) is 11.9. The summed E-state index contributed by atoms with van der Waals surface area (Å²) in [5.41, 5.74) is 2.20. The third-order valence-corrected chi connectivity index (χ3v) is 4.68. The van der Waals surface area contributed by atoms with E-state index < -0.39 is 0 Å². The van der Waals surface area contributed by atoms with E-state index in [1.54, 1.807) is 12.1 Å². The SMILES string of the molecule is Cc1cccc(NC(=O)CSCC(=O)NCc2cc(Br)ccc2F)c1. The Morgan fingerprint density at radius 3 is 2.64 bits per heavy atom. The molecule has 0 unspecified atom stereocenters. The topological polar surface area (TPSA) is 58.2 Å². The van der Waals surface area contributed by atoms with Crippen molar-refractivity contribution in [1.29, 1.82) is 0 Å². The molecular weight excluding hydrogens is 407 g/mol. The summed E-state index contributed by atoms with van der Waals surface area (Å²) < 4.78 is 14.3. The number of hydrogen-bond acceptors (Lipinski definition) is 3. The fourth-order valence-corrected chi connectivity index (χ4v) is 3.14. The zero-order chi connectivity index (χ0) is 18.2. The number of hydrogen-bond donors (Lipinski definition) is 2. The summed E-state index contributed by atoms with van der Waals surface area (Å²) in [6.45, 7) is 2.06. The van der Waals surface area contributed by atoms with E-state index in [0.29, 0.717) is 5.56 Å². The Labute approximate surface area is 158 Å². The van der Waals surface area contributed by atoms with Crippen molar-refractivity contribution < 1.29 is 14.0 Å². The molecule has 0 aliphatic carbocycles. The lowest BCUT2D eigenvalue weighted by molar-refractivity contribution is -0.118. The molecule has 0 heterocycles. The van der Waals surface area contributed by atoms with E-state index in [1.807, 2.05) is 31.2 Å². The summed E-state index contributed by atoms with van der Waals surface area (Å²) >= 11 is 4.47. The second kappa shape index (κ2) is 9.58. The van der Waals surface area contributed by atoms with Gasteiger partial charge in [-0.3, -0.25) is 9.59 Å². The van der Waals surface area contributed by atoms with E-state index in [-0.39, 0.29) is 35.7 Å². The van der Waals surface area contributed by atoms with E-state index in [9.17, 15) is 14.0 Å². The Bertz CT molecular complexity index is 770. The quantitative estimate of drug-likeness (QED) is 0.708. The van der Waals surface area contributed by atoms with Crippen LogP contribution in [0.25, 0.3) is 0 Å². The molecule has 0 atom stereocenters. The van der Waals surface area contributed by atoms with Crippen LogP contribution in [0.2, 0.25) is 0 Å². The lowest BCUT2D eigenvalue weighted by atomic mass is 10.2. The fourth-order valence-electron chi connectivity index (χ4n) is 2.08. The van der Waals surface area contributed by atoms with Crippen molar-refractivity contribution in [2.24, 2.45) is 0 Å². The smallest absolute Gasteiger partial charge is 0.234 e. The molecule has 0 bridgehead atoms. The largest absolute Gasteiger partial charge is 0.351 e. The number of aryl methyl sites for hydroxylation is 1. The van der Waals surface area contributed by atoms with Gasteiger partial charge in [0, 0.05) is 22.3 Å². The molecule has 2 aromatic carbocycles. The van der Waals surface area contributed by atoms with Crippen LogP contribution >= 0.6 is 27.7 Å². The standard InChI is InChI=1S/C18H18BrFN2O2S/c1-12-3-2-4-15(7-12)22-18(24)11-25-10-17(23)21-9-13-8-14(19)5-6-16(13)20/h2-8H,9-11H2,1H3,(H,21,23)(H,22,24). The van der Waals surface area contributed by atoms with Crippen molar-refractivity contribution in [3.63, 3.8) is 0 Å². The summed E-state index contributed by atoms with van der Waals surface area (Å²) in [5, 5.41) is 5.43. The van der Waals surface area contributed by atoms with E-state index in [2.05, 4.69) is 26.6 Å². The third kappa shape index (κ3) is 6.88. The Morgan fingerprint density at radius 2 is 1.88 bits per heavy atom. The first-order valence-electron chi connectivity index (χ1n) is 7.59. The van der Waals surface area contributed by atoms with Crippen molar-refractivity contribution in [3.8, 4) is 0 Å². The van der Waals surface area contributed by atoms with Crippen molar-refractivity contribution in [2.45, 2.75) is 13.5 Å². The van der Waals surface area contributed by atoms with E-state index in [0.717, 1.165) is 15.7 Å². The van der Waals surface area contributed by atoms with E-state index in [4.69, 9.17) is 0 Å². The van der Waals surface area contributed by atoms with Gasteiger partial charge >= 0.3 is 0 Å². The van der Waals surface area contributed by atoms with Gasteiger partial charge in [-0.05, 0) is 42.8 Å². The van der Waals surface area contributed by atoms with Gasteiger partial charge in [0.2, 0.25) is 11.8 Å². The van der Waals surface area contributed by atoms with Gasteiger partial charge in [0.15, 0.2) is 0 Å². The van der Waals surface area contributed by atoms with Crippen LogP contribution in [0.4, 0.5) is 10.1 Å². The van der Waals surface area contributed by atoms with Gasteiger partial charge < -0.3 is 10.6 Å². The molecule has 0 fully saturated rings. The molecule has 0 spiro atoms. The predicted octanol–water partition coefficient (Wildman–Crippen LogP) is 3.88. The Hall–Kier alpha value is -1.86. The molecule has 0 aliphatic heterocycles. The average molecular weight is 425 g/mol. The molecule has 2 aromatic rings. The highest BCUT2D eigenvalue weighted by atomic mass is 79.9. The zero-order valence-corrected chi connectivity index (χ0v) is 16.0. The molecule has 0 aromatic heterocycles. The number of thioether (sulfide) groups is 1. The molecule has 0 saturated carbocycles. The van der Waals surface area contributed by atoms with Crippen LogP contribution in [0.5, 0.6) is 0 Å². The number of anilines is 1. The third-order valence-electron chi connectivity index (χ3n) is 3.25. The van der Waals surface area contributed by atoms with E-state index >= 15 is 0 Å². The highest BCUT2D eigenvalue weighted by molar-refractivity contribution is 9.10. The van der Waals surface area contributed by atoms with E-state index in [1.165, 1.54) is 17.8 Å². The van der Waals surface area contributed by atoms with Crippen LogP contribution in [0.3, 0.4) is 0 Å². The number of carbonyl (C=O) groups is 2. The van der Waals surface area contributed by atoms with Gasteiger partial charge in [0.1, 0.15) is 5.82 Å². The number of amides is 2. The number of rotatable bonds is 7. The molecule has 0 saturated heterocycles. The molecule has 2 N–H and O–H groups in total.